The van der Waals surface area contributed by atoms with Crippen molar-refractivity contribution in [3.8, 4) is 0 Å². The summed E-state index contributed by atoms with van der Waals surface area (Å²) < 4.78 is 53.1. The summed E-state index contributed by atoms with van der Waals surface area (Å²) in [5.74, 6) is -2.14. The Morgan fingerprint density at radius 2 is 1.91 bits per heavy atom. The number of primary amides is 1. The fraction of sp³-hybridized carbons (Fsp3) is 0.533. The molecule has 0 spiro atoms. The van der Waals surface area contributed by atoms with E-state index in [2.05, 4.69) is 0 Å². The second kappa shape index (κ2) is 6.16. The molecule has 1 aliphatic rings. The van der Waals surface area contributed by atoms with Crippen LogP contribution < -0.4 is 5.73 Å². The van der Waals surface area contributed by atoms with Gasteiger partial charge in [0.2, 0.25) is 15.9 Å². The van der Waals surface area contributed by atoms with Crippen molar-refractivity contribution in [2.45, 2.75) is 38.1 Å². The summed E-state index contributed by atoms with van der Waals surface area (Å²) in [6.45, 7) is 1.76. The summed E-state index contributed by atoms with van der Waals surface area (Å²) >= 11 is 0. The molecule has 1 fully saturated rings. The number of hydrogen-bond donors (Lipinski definition) is 1. The first-order valence-corrected chi connectivity index (χ1v) is 9.20. The third-order valence-electron chi connectivity index (χ3n) is 4.16. The van der Waals surface area contributed by atoms with Gasteiger partial charge < -0.3 is 5.73 Å². The van der Waals surface area contributed by atoms with E-state index in [0.29, 0.717) is 19.3 Å². The lowest BCUT2D eigenvalue weighted by Crippen LogP contribution is -2.31. The lowest BCUT2D eigenvalue weighted by molar-refractivity contribution is -0.120. The topological polar surface area (TPSA) is 80.5 Å². The van der Waals surface area contributed by atoms with E-state index in [1.54, 1.807) is 6.92 Å². The first kappa shape index (κ1) is 17.8. The first-order chi connectivity index (χ1) is 10.6. The van der Waals surface area contributed by atoms with Crippen molar-refractivity contribution in [1.29, 1.82) is 0 Å². The van der Waals surface area contributed by atoms with Gasteiger partial charge in [-0.25, -0.2) is 17.2 Å². The molecule has 1 aromatic rings. The number of nitrogens with two attached hydrogens (primary N) is 1. The molecule has 0 heterocycles. The first-order valence-electron chi connectivity index (χ1n) is 7.35. The summed E-state index contributed by atoms with van der Waals surface area (Å²) in [6, 6.07) is 1.93. The van der Waals surface area contributed by atoms with Gasteiger partial charge in [-0.15, -0.1) is 0 Å². The lowest BCUT2D eigenvalue weighted by atomic mass is 9.93. The number of rotatable bonds is 7. The number of amides is 1. The molecule has 5 nitrogen and oxygen atoms in total. The van der Waals surface area contributed by atoms with Crippen LogP contribution in [0.2, 0.25) is 0 Å². The van der Waals surface area contributed by atoms with Gasteiger partial charge in [-0.3, -0.25) is 4.79 Å². The summed E-state index contributed by atoms with van der Waals surface area (Å²) in [5.41, 5.74) is 4.05. The zero-order valence-electron chi connectivity index (χ0n) is 13.1. The SMILES string of the molecule is CCCN(Cc1cc(F)c(C2(C(N)=O)CC2)cc1F)S(C)(=O)=O. The molecule has 0 saturated heterocycles. The largest absolute Gasteiger partial charge is 0.369 e. The normalized spacial score (nSPS) is 16.6. The number of carbonyl (C=O) groups is 1. The minimum Gasteiger partial charge on any atom is -0.369 e. The molecule has 0 aliphatic heterocycles. The minimum absolute atomic E-state index is 0.0485. The Morgan fingerprint density at radius 1 is 1.30 bits per heavy atom. The van der Waals surface area contributed by atoms with E-state index >= 15 is 0 Å². The van der Waals surface area contributed by atoms with Crippen LogP contribution in [0.3, 0.4) is 0 Å². The second-order valence-electron chi connectivity index (χ2n) is 5.97. The van der Waals surface area contributed by atoms with Gasteiger partial charge in [0.15, 0.2) is 0 Å². The van der Waals surface area contributed by atoms with E-state index in [9.17, 15) is 22.0 Å². The Labute approximate surface area is 134 Å². The van der Waals surface area contributed by atoms with Crippen LogP contribution in [0.5, 0.6) is 0 Å². The van der Waals surface area contributed by atoms with E-state index < -0.39 is 33.0 Å². The Kier molecular flexibility index (Phi) is 4.77. The predicted molar refractivity (Wildman–Crippen MR) is 82.0 cm³/mol. The van der Waals surface area contributed by atoms with Crippen molar-refractivity contribution in [2.75, 3.05) is 12.8 Å². The molecular weight excluding hydrogens is 326 g/mol. The molecule has 1 aromatic carbocycles. The molecule has 0 atom stereocenters. The average Bonchev–Trinajstić information content (AvgIpc) is 3.22. The summed E-state index contributed by atoms with van der Waals surface area (Å²) in [4.78, 5) is 11.5. The fourth-order valence-electron chi connectivity index (χ4n) is 2.65. The van der Waals surface area contributed by atoms with Gasteiger partial charge in [0.25, 0.3) is 0 Å². The minimum atomic E-state index is -3.52. The smallest absolute Gasteiger partial charge is 0.228 e. The summed E-state index contributed by atoms with van der Waals surface area (Å²) in [6.07, 6.45) is 2.37. The van der Waals surface area contributed by atoms with Crippen molar-refractivity contribution < 1.29 is 22.0 Å². The maximum atomic E-state index is 14.3. The second-order valence-corrected chi connectivity index (χ2v) is 7.95. The quantitative estimate of drug-likeness (QED) is 0.815. The van der Waals surface area contributed by atoms with Crippen LogP contribution >= 0.6 is 0 Å². The van der Waals surface area contributed by atoms with Gasteiger partial charge in [0.1, 0.15) is 11.6 Å². The molecule has 0 bridgehead atoms. The third kappa shape index (κ3) is 3.53. The van der Waals surface area contributed by atoms with Gasteiger partial charge >= 0.3 is 0 Å². The fourth-order valence-corrected chi connectivity index (χ4v) is 3.54. The van der Waals surface area contributed by atoms with Crippen LogP contribution in [0.25, 0.3) is 0 Å². The molecule has 2 rings (SSSR count). The highest BCUT2D eigenvalue weighted by Gasteiger charge is 2.51. The van der Waals surface area contributed by atoms with Crippen molar-refractivity contribution in [1.82, 2.24) is 4.31 Å². The third-order valence-corrected chi connectivity index (χ3v) is 5.41. The highest BCUT2D eigenvalue weighted by molar-refractivity contribution is 7.88. The number of halogens is 2. The number of benzene rings is 1. The van der Waals surface area contributed by atoms with Crippen LogP contribution in [-0.4, -0.2) is 31.4 Å². The Bertz CT molecular complexity index is 730. The van der Waals surface area contributed by atoms with Gasteiger partial charge in [-0.05, 0) is 31.4 Å². The van der Waals surface area contributed by atoms with Crippen LogP contribution in [0, 0.1) is 11.6 Å². The maximum Gasteiger partial charge on any atom is 0.228 e. The van der Waals surface area contributed by atoms with Crippen LogP contribution in [0.1, 0.15) is 37.3 Å². The highest BCUT2D eigenvalue weighted by Crippen LogP contribution is 2.49. The van der Waals surface area contributed by atoms with Gasteiger partial charge in [0.05, 0.1) is 11.7 Å². The van der Waals surface area contributed by atoms with Crippen LogP contribution in [-0.2, 0) is 26.8 Å². The van der Waals surface area contributed by atoms with E-state index in [1.807, 2.05) is 0 Å². The molecule has 8 heteroatoms. The molecule has 23 heavy (non-hydrogen) atoms. The number of hydrogen-bond acceptors (Lipinski definition) is 3. The molecule has 2 N–H and O–H groups in total. The lowest BCUT2D eigenvalue weighted by Gasteiger charge is -2.20. The molecular formula is C15H20F2N2O3S. The van der Waals surface area contributed by atoms with Crippen LogP contribution in [0.15, 0.2) is 12.1 Å². The van der Waals surface area contributed by atoms with Gasteiger partial charge in [-0.1, -0.05) is 6.92 Å². The number of sulfonamides is 1. The Hall–Kier alpha value is -1.54. The average molecular weight is 346 g/mol. The van der Waals surface area contributed by atoms with Crippen LogP contribution in [0.4, 0.5) is 8.78 Å². The van der Waals surface area contributed by atoms with Crippen molar-refractivity contribution in [3.63, 3.8) is 0 Å². The number of carbonyl (C=O) groups excluding carboxylic acids is 1. The standard InChI is InChI=1S/C15H20F2N2O3S/c1-3-6-19(23(2,21)22)9-10-7-13(17)11(8-12(10)16)15(4-5-15)14(18)20/h7-8H,3-6,9H2,1-2H3,(H2,18,20). The van der Waals surface area contributed by atoms with Crippen molar-refractivity contribution in [2.24, 2.45) is 5.73 Å². The van der Waals surface area contributed by atoms with E-state index in [1.165, 1.54) is 0 Å². The summed E-state index contributed by atoms with van der Waals surface area (Å²) in [5, 5.41) is 0. The molecule has 0 radical (unpaired) electrons. The zero-order chi connectivity index (χ0) is 17.4. The molecule has 128 valence electrons. The van der Waals surface area contributed by atoms with Crippen molar-refractivity contribution >= 4 is 15.9 Å². The van der Waals surface area contributed by atoms with E-state index in [0.717, 1.165) is 22.7 Å². The molecule has 0 unspecified atom stereocenters. The van der Waals surface area contributed by atoms with Crippen molar-refractivity contribution in [3.05, 3.63) is 34.9 Å². The predicted octanol–water partition coefficient (Wildman–Crippen LogP) is 1.65. The van der Waals surface area contributed by atoms with E-state index in [-0.39, 0.29) is 24.2 Å². The van der Waals surface area contributed by atoms with Gasteiger partial charge in [0, 0.05) is 24.2 Å². The summed E-state index contributed by atoms with van der Waals surface area (Å²) in [7, 11) is -3.52. The molecule has 1 saturated carbocycles. The Morgan fingerprint density at radius 3 is 2.35 bits per heavy atom. The highest BCUT2D eigenvalue weighted by atomic mass is 32.2. The number of nitrogens with zero attached hydrogens (tertiary/aromatic N) is 1. The van der Waals surface area contributed by atoms with E-state index in [4.69, 9.17) is 5.73 Å². The molecule has 1 amide bonds. The Balaban J connectivity index is 2.36. The molecule has 1 aliphatic carbocycles. The molecule has 0 aromatic heterocycles. The van der Waals surface area contributed by atoms with Gasteiger partial charge in [-0.2, -0.15) is 4.31 Å². The zero-order valence-corrected chi connectivity index (χ0v) is 13.9. The monoisotopic (exact) mass is 346 g/mol. The maximum absolute atomic E-state index is 14.3.